The summed E-state index contributed by atoms with van der Waals surface area (Å²) in [5.41, 5.74) is 9.64. The van der Waals surface area contributed by atoms with Gasteiger partial charge in [0.1, 0.15) is 0 Å². The summed E-state index contributed by atoms with van der Waals surface area (Å²) >= 11 is 0. The fourth-order valence-corrected chi connectivity index (χ4v) is 3.66. The van der Waals surface area contributed by atoms with Gasteiger partial charge in [0.2, 0.25) is 11.6 Å². The van der Waals surface area contributed by atoms with Crippen LogP contribution in [0.4, 0.5) is 11.5 Å². The van der Waals surface area contributed by atoms with Crippen LogP contribution >= 0.6 is 0 Å². The molecular weight excluding hydrogens is 444 g/mol. The molecular formula is C20H24N10O4. The van der Waals surface area contributed by atoms with E-state index in [2.05, 4.69) is 47.6 Å². The van der Waals surface area contributed by atoms with Crippen molar-refractivity contribution < 1.29 is 14.3 Å². The van der Waals surface area contributed by atoms with E-state index in [4.69, 9.17) is 5.73 Å². The molecule has 0 bridgehead atoms. The lowest BCUT2D eigenvalue weighted by molar-refractivity contribution is -0.384. The number of hydrogen-bond acceptors (Lipinski definition) is 11. The normalized spacial score (nSPS) is 15.4. The SMILES string of the molecule is C/C(=N\NC(=O)c1nnn(-c2nonc2N)c1CN1CCC(C)CC1)c1cccc([N+](=O)[O-])c1. The number of benzene rings is 1. The fourth-order valence-electron chi connectivity index (χ4n) is 3.66. The van der Waals surface area contributed by atoms with Crippen molar-refractivity contribution in [1.82, 2.24) is 35.6 Å². The number of nitrogens with two attached hydrogens (primary N) is 1. The molecule has 1 amide bonds. The van der Waals surface area contributed by atoms with E-state index in [1.807, 2.05) is 0 Å². The first-order valence-corrected chi connectivity index (χ1v) is 10.7. The number of hydrazone groups is 1. The number of rotatable bonds is 7. The molecule has 0 atom stereocenters. The number of piperidine rings is 1. The predicted molar refractivity (Wildman–Crippen MR) is 120 cm³/mol. The van der Waals surface area contributed by atoms with E-state index in [0.717, 1.165) is 25.9 Å². The molecule has 34 heavy (non-hydrogen) atoms. The van der Waals surface area contributed by atoms with Crippen LogP contribution in [0.2, 0.25) is 0 Å². The molecule has 1 saturated heterocycles. The summed E-state index contributed by atoms with van der Waals surface area (Å²) in [4.78, 5) is 25.7. The van der Waals surface area contributed by atoms with Gasteiger partial charge < -0.3 is 5.73 Å². The Morgan fingerprint density at radius 1 is 1.35 bits per heavy atom. The molecule has 3 heterocycles. The first kappa shape index (κ1) is 23.0. The first-order chi connectivity index (χ1) is 16.3. The second-order valence-electron chi connectivity index (χ2n) is 8.17. The maximum Gasteiger partial charge on any atom is 0.293 e. The van der Waals surface area contributed by atoms with Crippen molar-refractivity contribution >= 4 is 23.1 Å². The highest BCUT2D eigenvalue weighted by molar-refractivity contribution is 6.01. The number of nitrogens with zero attached hydrogens (tertiary/aromatic N) is 8. The number of hydrogen-bond donors (Lipinski definition) is 2. The van der Waals surface area contributed by atoms with E-state index in [0.29, 0.717) is 29.4 Å². The summed E-state index contributed by atoms with van der Waals surface area (Å²) in [5, 5.41) is 30.5. The van der Waals surface area contributed by atoms with Gasteiger partial charge in [-0.25, -0.2) is 10.1 Å². The standard InChI is InChI=1S/C20H24N10O4/c1-12-6-8-28(9-7-12)11-16-17(23-27-29(16)19-18(21)25-34-26-19)20(31)24-22-13(2)14-4-3-5-15(10-14)30(32)33/h3-5,10,12H,6-9,11H2,1-2H3,(H2,21,25)(H,24,31)/b22-13+. The van der Waals surface area contributed by atoms with E-state index in [9.17, 15) is 14.9 Å². The summed E-state index contributed by atoms with van der Waals surface area (Å²) in [5.74, 6) is 0.211. The number of aromatic nitrogens is 5. The molecule has 0 radical (unpaired) electrons. The molecule has 0 spiro atoms. The Kier molecular flexibility index (Phi) is 6.58. The van der Waals surface area contributed by atoms with Crippen molar-refractivity contribution in [2.24, 2.45) is 11.0 Å². The smallest absolute Gasteiger partial charge is 0.293 e. The van der Waals surface area contributed by atoms with Gasteiger partial charge in [-0.2, -0.15) is 9.78 Å². The van der Waals surface area contributed by atoms with Crippen molar-refractivity contribution in [3.8, 4) is 5.82 Å². The Morgan fingerprint density at radius 2 is 2.12 bits per heavy atom. The van der Waals surface area contributed by atoms with Gasteiger partial charge in [0.15, 0.2) is 5.69 Å². The summed E-state index contributed by atoms with van der Waals surface area (Å²) in [6.45, 7) is 5.97. The molecule has 1 aliphatic heterocycles. The van der Waals surface area contributed by atoms with Crippen LogP contribution in [0.15, 0.2) is 34.0 Å². The molecule has 2 aromatic heterocycles. The fraction of sp³-hybridized carbons (Fsp3) is 0.400. The zero-order valence-electron chi connectivity index (χ0n) is 18.7. The topological polar surface area (TPSA) is 183 Å². The minimum Gasteiger partial charge on any atom is -0.378 e. The number of anilines is 1. The largest absolute Gasteiger partial charge is 0.378 e. The number of carbonyl (C=O) groups is 1. The molecule has 1 fully saturated rings. The molecule has 1 aromatic carbocycles. The molecule has 14 heteroatoms. The Bertz CT molecular complexity index is 1230. The van der Waals surface area contributed by atoms with Gasteiger partial charge in [-0.1, -0.05) is 24.3 Å². The second-order valence-corrected chi connectivity index (χ2v) is 8.17. The number of likely N-dealkylation sites (tertiary alicyclic amines) is 1. The molecule has 4 rings (SSSR count). The number of carbonyl (C=O) groups excluding carboxylic acids is 1. The number of nitrogens with one attached hydrogen (secondary N) is 1. The molecule has 0 unspecified atom stereocenters. The molecule has 178 valence electrons. The van der Waals surface area contributed by atoms with Gasteiger partial charge in [-0.15, -0.1) is 5.10 Å². The van der Waals surface area contributed by atoms with Gasteiger partial charge in [-0.05, 0) is 49.1 Å². The number of amides is 1. The van der Waals surface area contributed by atoms with Gasteiger partial charge in [0.25, 0.3) is 11.6 Å². The van der Waals surface area contributed by atoms with Crippen LogP contribution in [-0.2, 0) is 6.54 Å². The Morgan fingerprint density at radius 3 is 2.79 bits per heavy atom. The van der Waals surface area contributed by atoms with Crippen molar-refractivity contribution in [2.45, 2.75) is 33.2 Å². The van der Waals surface area contributed by atoms with Crippen molar-refractivity contribution in [1.29, 1.82) is 0 Å². The average Bonchev–Trinajstić information content (AvgIpc) is 3.44. The zero-order chi connectivity index (χ0) is 24.2. The minimum atomic E-state index is -0.591. The highest BCUT2D eigenvalue weighted by Crippen LogP contribution is 2.22. The first-order valence-electron chi connectivity index (χ1n) is 10.7. The van der Waals surface area contributed by atoms with Crippen LogP contribution in [0.3, 0.4) is 0 Å². The molecule has 3 N–H and O–H groups in total. The lowest BCUT2D eigenvalue weighted by Gasteiger charge is -2.30. The average molecular weight is 468 g/mol. The summed E-state index contributed by atoms with van der Waals surface area (Å²) < 4.78 is 6.03. The van der Waals surface area contributed by atoms with Crippen LogP contribution in [0.1, 0.15) is 48.4 Å². The monoisotopic (exact) mass is 468 g/mol. The van der Waals surface area contributed by atoms with Gasteiger partial charge in [0, 0.05) is 24.2 Å². The van der Waals surface area contributed by atoms with E-state index < -0.39 is 10.8 Å². The number of nitro groups is 1. The van der Waals surface area contributed by atoms with Gasteiger partial charge in [-0.3, -0.25) is 19.8 Å². The highest BCUT2D eigenvalue weighted by atomic mass is 16.6. The zero-order valence-corrected chi connectivity index (χ0v) is 18.7. The Hall–Kier alpha value is -4.20. The minimum absolute atomic E-state index is 0.0184. The Labute approximate surface area is 193 Å². The van der Waals surface area contributed by atoms with Crippen molar-refractivity contribution in [3.63, 3.8) is 0 Å². The predicted octanol–water partition coefficient (Wildman–Crippen LogP) is 1.53. The third kappa shape index (κ3) is 4.91. The van der Waals surface area contributed by atoms with E-state index in [1.54, 1.807) is 19.1 Å². The van der Waals surface area contributed by atoms with Crippen LogP contribution in [0.5, 0.6) is 0 Å². The van der Waals surface area contributed by atoms with E-state index in [-0.39, 0.29) is 23.0 Å². The maximum absolute atomic E-state index is 13.0. The molecule has 0 aliphatic carbocycles. The van der Waals surface area contributed by atoms with Crippen LogP contribution in [0.25, 0.3) is 5.82 Å². The summed E-state index contributed by atoms with van der Waals surface area (Å²) in [6.07, 6.45) is 2.09. The number of nitro benzene ring substituents is 1. The van der Waals surface area contributed by atoms with Crippen LogP contribution in [0, 0.1) is 16.0 Å². The number of nitrogen functional groups attached to an aromatic ring is 1. The third-order valence-electron chi connectivity index (χ3n) is 5.72. The lowest BCUT2D eigenvalue weighted by atomic mass is 9.99. The van der Waals surface area contributed by atoms with Gasteiger partial charge >= 0.3 is 0 Å². The second kappa shape index (κ2) is 9.74. The summed E-state index contributed by atoms with van der Waals surface area (Å²) in [7, 11) is 0. The third-order valence-corrected chi connectivity index (χ3v) is 5.72. The van der Waals surface area contributed by atoms with E-state index in [1.165, 1.54) is 16.8 Å². The van der Waals surface area contributed by atoms with Crippen LogP contribution in [-0.4, -0.2) is 59.8 Å². The number of non-ortho nitro benzene ring substituents is 1. The summed E-state index contributed by atoms with van der Waals surface area (Å²) in [6, 6.07) is 5.97. The van der Waals surface area contributed by atoms with Crippen LogP contribution < -0.4 is 11.2 Å². The highest BCUT2D eigenvalue weighted by Gasteiger charge is 2.27. The molecule has 1 aliphatic rings. The molecule has 3 aromatic rings. The van der Waals surface area contributed by atoms with Crippen molar-refractivity contribution in [2.75, 3.05) is 18.8 Å². The molecule has 0 saturated carbocycles. The molecule has 14 nitrogen and oxygen atoms in total. The van der Waals surface area contributed by atoms with Crippen molar-refractivity contribution in [3.05, 3.63) is 51.3 Å². The van der Waals surface area contributed by atoms with E-state index >= 15 is 0 Å². The quantitative estimate of drug-likeness (QED) is 0.293. The maximum atomic E-state index is 13.0. The Balaban J connectivity index is 1.59. The lowest BCUT2D eigenvalue weighted by Crippen LogP contribution is -2.34. The van der Waals surface area contributed by atoms with Gasteiger partial charge in [0.05, 0.1) is 16.3 Å².